The molecule has 0 amide bonds. The third kappa shape index (κ3) is 21.5. The van der Waals surface area contributed by atoms with E-state index in [1.54, 1.807) is 0 Å². The maximum atomic E-state index is 11.4. The highest BCUT2D eigenvalue weighted by Gasteiger charge is 2.11. The van der Waals surface area contributed by atoms with Crippen LogP contribution in [0.1, 0.15) is 7.43 Å². The van der Waals surface area contributed by atoms with Crippen molar-refractivity contribution in [2.24, 2.45) is 0 Å². The minimum atomic E-state index is -1.20. The maximum absolute atomic E-state index is 11.4. The normalized spacial score (nSPS) is 9.41. The Kier molecular flexibility index (Phi) is 22.6. The first-order chi connectivity index (χ1) is 20.4. The first-order valence-electron chi connectivity index (χ1n) is 11.4. The van der Waals surface area contributed by atoms with Crippen molar-refractivity contribution < 1.29 is 72.4 Å². The number of carboxylic acid groups (broad SMARTS) is 1. The fourth-order valence-corrected chi connectivity index (χ4v) is 2.15. The summed E-state index contributed by atoms with van der Waals surface area (Å²) in [5.74, 6) is -3.34. The smallest absolute Gasteiger partial charge is 0.349 e. The Balaban J connectivity index is 0. The Morgan fingerprint density at radius 1 is 0.682 bits per heavy atom. The van der Waals surface area contributed by atoms with Crippen LogP contribution in [0.2, 0.25) is 0 Å². The molecule has 2 N–H and O–H groups in total. The van der Waals surface area contributed by atoms with Gasteiger partial charge in [-0.2, -0.15) is 0 Å². The Bertz CT molecular complexity index is 1170. The summed E-state index contributed by atoms with van der Waals surface area (Å²) >= 11 is 0. The van der Waals surface area contributed by atoms with Crippen LogP contribution in [0.25, 0.3) is 0 Å². The minimum Gasteiger partial charge on any atom is -0.508 e. The van der Waals surface area contributed by atoms with Crippen molar-refractivity contribution in [2.75, 3.05) is 54.2 Å². The molecule has 0 aliphatic rings. The molecule has 0 aromatic heterocycles. The SMILES string of the molecule is C.COCOCC(=O)OCC(=O)O.COCOCC(=O)OCC(=O)Oc1ccc([N+](=O)[O-])cc1.O=[N+]([O-])c1ccc(O)cc1. The quantitative estimate of drug-likeness (QED) is 0.0708. The molecule has 0 spiro atoms. The molecule has 0 fully saturated rings. The number of hydrogen-bond donors (Lipinski definition) is 2. The second kappa shape index (κ2) is 24.4. The van der Waals surface area contributed by atoms with E-state index in [2.05, 4.69) is 23.7 Å². The molecule has 0 unspecified atom stereocenters. The molecule has 2 aromatic carbocycles. The topological polar surface area (TPSA) is 260 Å². The van der Waals surface area contributed by atoms with Gasteiger partial charge >= 0.3 is 23.9 Å². The number of ether oxygens (including phenoxy) is 7. The van der Waals surface area contributed by atoms with Gasteiger partial charge in [0.05, 0.1) is 9.85 Å². The van der Waals surface area contributed by atoms with Gasteiger partial charge in [-0.05, 0) is 24.3 Å². The zero-order valence-corrected chi connectivity index (χ0v) is 22.8. The first-order valence-corrected chi connectivity index (χ1v) is 11.4. The Morgan fingerprint density at radius 2 is 1.09 bits per heavy atom. The number of nitro groups is 2. The number of benzene rings is 2. The molecule has 0 bridgehead atoms. The number of hydrogen-bond acceptors (Lipinski definition) is 16. The van der Waals surface area contributed by atoms with Crippen molar-refractivity contribution in [3.8, 4) is 11.5 Å². The van der Waals surface area contributed by atoms with Gasteiger partial charge in [0.1, 0.15) is 38.3 Å². The molecule has 19 heteroatoms. The number of methoxy groups -OCH3 is 2. The van der Waals surface area contributed by atoms with Crippen LogP contribution in [0.4, 0.5) is 11.4 Å². The number of rotatable bonds is 15. The number of phenolic OH excluding ortho intramolecular Hbond substituents is 1. The Hall–Kier alpha value is -5.24. The number of carboxylic acids is 1. The number of phenols is 1. The first kappa shape index (κ1) is 40.9. The average molecular weight is 633 g/mol. The van der Waals surface area contributed by atoms with Gasteiger partial charge in [-0.25, -0.2) is 19.2 Å². The van der Waals surface area contributed by atoms with Crippen LogP contribution in [-0.4, -0.2) is 98.2 Å². The van der Waals surface area contributed by atoms with E-state index in [4.69, 9.17) is 19.7 Å². The molecule has 19 nitrogen and oxygen atoms in total. The van der Waals surface area contributed by atoms with Gasteiger partial charge in [0, 0.05) is 38.5 Å². The van der Waals surface area contributed by atoms with Crippen molar-refractivity contribution >= 4 is 35.3 Å². The summed E-state index contributed by atoms with van der Waals surface area (Å²) in [6.07, 6.45) is 0. The monoisotopic (exact) mass is 632 g/mol. The average Bonchev–Trinajstić information content (AvgIpc) is 2.96. The van der Waals surface area contributed by atoms with E-state index in [0.717, 1.165) is 0 Å². The number of aliphatic carboxylic acids is 1. The standard InChI is InChI=1S/C12H13NO8.C6H5NO3.C6H10O6.CH4/c1-18-8-19-6-11(14)20-7-12(15)21-10-4-2-9(3-5-10)13(16)17;8-6-3-1-5(2-4-6)7(9)10;1-10-4-11-3-6(9)12-2-5(7)8;/h2-5H,6-8H2,1H3;1-4,8H;2-4H2,1H3,(H,7,8);1H4. The third-order valence-electron chi connectivity index (χ3n) is 3.89. The molecule has 44 heavy (non-hydrogen) atoms. The summed E-state index contributed by atoms with van der Waals surface area (Å²) in [5, 5.41) is 37.3. The van der Waals surface area contributed by atoms with Crippen LogP contribution >= 0.6 is 0 Å². The third-order valence-corrected chi connectivity index (χ3v) is 3.89. The predicted octanol–water partition coefficient (Wildman–Crippen LogP) is 1.84. The zero-order chi connectivity index (χ0) is 32.6. The van der Waals surface area contributed by atoms with Crippen molar-refractivity contribution in [1.82, 2.24) is 0 Å². The largest absolute Gasteiger partial charge is 0.508 e. The summed E-state index contributed by atoms with van der Waals surface area (Å²) in [4.78, 5) is 62.3. The van der Waals surface area contributed by atoms with Gasteiger partial charge in [-0.15, -0.1) is 0 Å². The van der Waals surface area contributed by atoms with Crippen molar-refractivity contribution in [3.05, 3.63) is 68.8 Å². The number of aromatic hydroxyl groups is 1. The highest BCUT2D eigenvalue weighted by molar-refractivity contribution is 5.78. The lowest BCUT2D eigenvalue weighted by atomic mass is 10.3. The van der Waals surface area contributed by atoms with Crippen LogP contribution in [0.5, 0.6) is 11.5 Å². The molecule has 0 radical (unpaired) electrons. The summed E-state index contributed by atoms with van der Waals surface area (Å²) in [5.41, 5.74) is -0.144. The lowest BCUT2D eigenvalue weighted by molar-refractivity contribution is -0.385. The second-order valence-electron chi connectivity index (χ2n) is 7.22. The van der Waals surface area contributed by atoms with Crippen LogP contribution < -0.4 is 4.74 Å². The molecule has 0 aliphatic heterocycles. The number of carbonyl (C=O) groups excluding carboxylic acids is 3. The molecule has 0 heterocycles. The van der Waals surface area contributed by atoms with E-state index in [0.29, 0.717) is 0 Å². The molecule has 0 saturated heterocycles. The van der Waals surface area contributed by atoms with Crippen LogP contribution in [0, 0.1) is 20.2 Å². The van der Waals surface area contributed by atoms with Crippen molar-refractivity contribution in [2.45, 2.75) is 7.43 Å². The van der Waals surface area contributed by atoms with Crippen LogP contribution in [0.15, 0.2) is 48.5 Å². The van der Waals surface area contributed by atoms with Crippen molar-refractivity contribution in [3.63, 3.8) is 0 Å². The highest BCUT2D eigenvalue weighted by Crippen LogP contribution is 2.17. The second-order valence-corrected chi connectivity index (χ2v) is 7.22. The van der Waals surface area contributed by atoms with E-state index in [9.17, 15) is 39.4 Å². The maximum Gasteiger partial charge on any atom is 0.349 e. The molecule has 2 aromatic rings. The van der Waals surface area contributed by atoms with Crippen molar-refractivity contribution in [1.29, 1.82) is 0 Å². The van der Waals surface area contributed by atoms with Crippen LogP contribution in [0.3, 0.4) is 0 Å². The van der Waals surface area contributed by atoms with Gasteiger partial charge in [-0.1, -0.05) is 7.43 Å². The molecule has 0 atom stereocenters. The van der Waals surface area contributed by atoms with E-state index in [-0.39, 0.29) is 57.1 Å². The molecule has 244 valence electrons. The molecule has 2 rings (SSSR count). The summed E-state index contributed by atoms with van der Waals surface area (Å²) in [7, 11) is 2.80. The summed E-state index contributed by atoms with van der Waals surface area (Å²) in [6.45, 7) is -1.98. The Morgan fingerprint density at radius 3 is 1.48 bits per heavy atom. The summed E-state index contributed by atoms with van der Waals surface area (Å²) in [6, 6.07) is 9.94. The molecule has 0 saturated carbocycles. The van der Waals surface area contributed by atoms with E-state index in [1.807, 2.05) is 0 Å². The van der Waals surface area contributed by atoms with Gasteiger partial charge < -0.3 is 43.4 Å². The van der Waals surface area contributed by atoms with E-state index < -0.39 is 46.9 Å². The van der Waals surface area contributed by atoms with E-state index >= 15 is 0 Å². The van der Waals surface area contributed by atoms with Gasteiger partial charge in [-0.3, -0.25) is 20.2 Å². The number of esters is 3. The fourth-order valence-electron chi connectivity index (χ4n) is 2.15. The number of nitrogens with zero attached hydrogens (tertiary/aromatic N) is 2. The van der Waals surface area contributed by atoms with Gasteiger partial charge in [0.15, 0.2) is 13.2 Å². The number of non-ortho nitro benzene ring substituents is 2. The van der Waals surface area contributed by atoms with Gasteiger partial charge in [0.2, 0.25) is 0 Å². The molecular weight excluding hydrogens is 600 g/mol. The molecular formula is C25H32N2O17. The lowest BCUT2D eigenvalue weighted by Crippen LogP contribution is -2.21. The van der Waals surface area contributed by atoms with E-state index in [1.165, 1.54) is 62.8 Å². The predicted molar refractivity (Wildman–Crippen MR) is 145 cm³/mol. The van der Waals surface area contributed by atoms with Crippen LogP contribution in [-0.2, 0) is 47.6 Å². The molecule has 0 aliphatic carbocycles. The van der Waals surface area contributed by atoms with Gasteiger partial charge in [0.25, 0.3) is 11.4 Å². The lowest BCUT2D eigenvalue weighted by Gasteiger charge is -2.06. The Labute approximate surface area is 250 Å². The minimum absolute atomic E-state index is 0. The zero-order valence-electron chi connectivity index (χ0n) is 22.8. The number of nitro benzene ring substituents is 2. The highest BCUT2D eigenvalue weighted by atomic mass is 16.7. The fraction of sp³-hybridized carbons (Fsp3) is 0.360. The summed E-state index contributed by atoms with van der Waals surface area (Å²) < 4.78 is 32.0. The number of carbonyl (C=O) groups is 4.